The van der Waals surface area contributed by atoms with Crippen molar-refractivity contribution in [1.82, 2.24) is 4.31 Å². The summed E-state index contributed by atoms with van der Waals surface area (Å²) in [5.74, 6) is -0.672. The van der Waals surface area contributed by atoms with Crippen molar-refractivity contribution >= 4 is 39.2 Å². The molecule has 0 saturated heterocycles. The summed E-state index contributed by atoms with van der Waals surface area (Å²) in [7, 11) is -3.60. The van der Waals surface area contributed by atoms with Crippen molar-refractivity contribution in [2.24, 2.45) is 0 Å². The van der Waals surface area contributed by atoms with Gasteiger partial charge in [-0.1, -0.05) is 53.5 Å². The van der Waals surface area contributed by atoms with Crippen molar-refractivity contribution in [2.45, 2.75) is 25.9 Å². The molecule has 1 heterocycles. The molecule has 0 aromatic heterocycles. The van der Waals surface area contributed by atoms with Crippen molar-refractivity contribution in [2.75, 3.05) is 5.75 Å². The fourth-order valence-corrected chi connectivity index (χ4v) is 4.44. The minimum Gasteiger partial charge on any atom is -0.424 e. The van der Waals surface area contributed by atoms with Crippen LogP contribution < -0.4 is 4.74 Å². The molecule has 8 heteroatoms. The van der Waals surface area contributed by atoms with Gasteiger partial charge < -0.3 is 4.74 Å². The normalized spacial score (nSPS) is 17.6. The second kappa shape index (κ2) is 7.56. The standard InChI is InChI=1S/C18H17Cl2NO4S/c1-2-26(23,24)21-11-13-7-4-3-6-12(13)10-15(21)18(22)25-16-9-5-8-14(19)17(16)20/h3-9,15H,2,10-11H2,1H3. The fraction of sp³-hybridized carbons (Fsp3) is 0.278. The van der Waals surface area contributed by atoms with E-state index in [0.717, 1.165) is 11.1 Å². The lowest BCUT2D eigenvalue weighted by molar-refractivity contribution is -0.139. The number of nitrogens with zero attached hydrogens (tertiary/aromatic N) is 1. The topological polar surface area (TPSA) is 63.7 Å². The quantitative estimate of drug-likeness (QED) is 0.566. The van der Waals surface area contributed by atoms with E-state index in [0.29, 0.717) is 0 Å². The van der Waals surface area contributed by atoms with Gasteiger partial charge in [-0.3, -0.25) is 0 Å². The molecule has 0 spiro atoms. The van der Waals surface area contributed by atoms with E-state index in [1.807, 2.05) is 24.3 Å². The number of fused-ring (bicyclic) bond motifs is 1. The number of sulfonamides is 1. The summed E-state index contributed by atoms with van der Waals surface area (Å²) in [6.07, 6.45) is 0.242. The first kappa shape index (κ1) is 19.2. The Bertz CT molecular complexity index is 946. The number of hydrogen-bond acceptors (Lipinski definition) is 4. The summed E-state index contributed by atoms with van der Waals surface area (Å²) >= 11 is 12.0. The number of ether oxygens (including phenoxy) is 1. The van der Waals surface area contributed by atoms with Gasteiger partial charge in [0.25, 0.3) is 0 Å². The lowest BCUT2D eigenvalue weighted by Gasteiger charge is -2.34. The van der Waals surface area contributed by atoms with Crippen molar-refractivity contribution in [1.29, 1.82) is 0 Å². The maximum atomic E-state index is 12.8. The number of carbonyl (C=O) groups excluding carboxylic acids is 1. The highest BCUT2D eigenvalue weighted by Gasteiger charge is 2.39. The van der Waals surface area contributed by atoms with E-state index >= 15 is 0 Å². The summed E-state index contributed by atoms with van der Waals surface area (Å²) in [5.41, 5.74) is 1.81. The SMILES string of the molecule is CCS(=O)(=O)N1Cc2ccccc2CC1C(=O)Oc1cccc(Cl)c1Cl. The van der Waals surface area contributed by atoms with Crippen LogP contribution in [0.4, 0.5) is 0 Å². The maximum absolute atomic E-state index is 12.8. The highest BCUT2D eigenvalue weighted by Crippen LogP contribution is 2.33. The van der Waals surface area contributed by atoms with Gasteiger partial charge in [0.2, 0.25) is 10.0 Å². The van der Waals surface area contributed by atoms with Crippen molar-refractivity contribution < 1.29 is 17.9 Å². The predicted octanol–water partition coefficient (Wildman–Crippen LogP) is 3.68. The number of hydrogen-bond donors (Lipinski definition) is 0. The predicted molar refractivity (Wildman–Crippen MR) is 101 cm³/mol. The molecule has 1 unspecified atom stereocenters. The molecule has 0 saturated carbocycles. The van der Waals surface area contributed by atoms with Crippen LogP contribution in [-0.2, 0) is 27.8 Å². The molecule has 0 amide bonds. The second-order valence-electron chi connectivity index (χ2n) is 5.91. The van der Waals surface area contributed by atoms with Gasteiger partial charge in [-0.25, -0.2) is 13.2 Å². The van der Waals surface area contributed by atoms with Crippen LogP contribution in [0.3, 0.4) is 0 Å². The van der Waals surface area contributed by atoms with Gasteiger partial charge in [0.05, 0.1) is 10.8 Å². The van der Waals surface area contributed by atoms with Gasteiger partial charge in [-0.05, 0) is 30.2 Å². The first-order chi connectivity index (χ1) is 12.3. The van der Waals surface area contributed by atoms with Gasteiger partial charge in [0.15, 0.2) is 5.75 Å². The molecular weight excluding hydrogens is 397 g/mol. The Labute approximate surface area is 162 Å². The zero-order chi connectivity index (χ0) is 18.9. The molecule has 5 nitrogen and oxygen atoms in total. The van der Waals surface area contributed by atoms with Gasteiger partial charge in [0.1, 0.15) is 11.1 Å². The molecule has 0 aliphatic carbocycles. The van der Waals surface area contributed by atoms with E-state index in [1.54, 1.807) is 19.1 Å². The second-order valence-corrected chi connectivity index (χ2v) is 8.90. The smallest absolute Gasteiger partial charge is 0.330 e. The molecular formula is C18H17Cl2NO4S. The molecule has 0 fully saturated rings. The van der Waals surface area contributed by atoms with Crippen LogP contribution in [-0.4, -0.2) is 30.5 Å². The Morgan fingerprint density at radius 3 is 2.54 bits per heavy atom. The van der Waals surface area contributed by atoms with Crippen LogP contribution in [0.2, 0.25) is 10.0 Å². The summed E-state index contributed by atoms with van der Waals surface area (Å²) in [6, 6.07) is 11.2. The Kier molecular flexibility index (Phi) is 5.58. The zero-order valence-electron chi connectivity index (χ0n) is 14.0. The monoisotopic (exact) mass is 413 g/mol. The summed E-state index contributed by atoms with van der Waals surface area (Å²) in [6.45, 7) is 1.68. The molecule has 3 rings (SSSR count). The Balaban J connectivity index is 1.94. The lowest BCUT2D eigenvalue weighted by atomic mass is 9.96. The molecule has 0 radical (unpaired) electrons. The van der Waals surface area contributed by atoms with Gasteiger partial charge in [-0.15, -0.1) is 0 Å². The van der Waals surface area contributed by atoms with Crippen LogP contribution in [0.1, 0.15) is 18.1 Å². The third-order valence-corrected chi connectivity index (χ3v) is 6.96. The summed E-state index contributed by atoms with van der Waals surface area (Å²) in [4.78, 5) is 12.8. The van der Waals surface area contributed by atoms with Crippen LogP contribution in [0.15, 0.2) is 42.5 Å². The highest BCUT2D eigenvalue weighted by atomic mass is 35.5. The van der Waals surface area contributed by atoms with Gasteiger partial charge >= 0.3 is 5.97 Å². The van der Waals surface area contributed by atoms with E-state index in [4.69, 9.17) is 27.9 Å². The number of benzene rings is 2. The Hall–Kier alpha value is -1.60. The van der Waals surface area contributed by atoms with Crippen LogP contribution in [0.5, 0.6) is 5.75 Å². The molecule has 0 bridgehead atoms. The molecule has 2 aromatic rings. The summed E-state index contributed by atoms with van der Waals surface area (Å²) < 4.78 is 31.6. The molecule has 0 N–H and O–H groups in total. The zero-order valence-corrected chi connectivity index (χ0v) is 16.3. The highest BCUT2D eigenvalue weighted by molar-refractivity contribution is 7.89. The molecule has 1 aliphatic rings. The van der Waals surface area contributed by atoms with Crippen molar-refractivity contribution in [3.63, 3.8) is 0 Å². The van der Waals surface area contributed by atoms with Gasteiger partial charge in [-0.2, -0.15) is 4.31 Å². The first-order valence-electron chi connectivity index (χ1n) is 8.05. The average molecular weight is 414 g/mol. The van der Waals surface area contributed by atoms with E-state index in [1.165, 1.54) is 10.4 Å². The molecule has 1 aliphatic heterocycles. The number of esters is 1. The molecule has 2 aromatic carbocycles. The molecule has 1 atom stereocenters. The van der Waals surface area contributed by atoms with Crippen LogP contribution in [0, 0.1) is 0 Å². The lowest BCUT2D eigenvalue weighted by Crippen LogP contribution is -2.50. The fourth-order valence-electron chi connectivity index (χ4n) is 2.90. The first-order valence-corrected chi connectivity index (χ1v) is 10.4. The molecule has 138 valence electrons. The third-order valence-electron chi connectivity index (χ3n) is 4.33. The minimum absolute atomic E-state index is 0.100. The number of halogens is 2. The van der Waals surface area contributed by atoms with E-state index < -0.39 is 22.0 Å². The van der Waals surface area contributed by atoms with Crippen molar-refractivity contribution in [3.8, 4) is 5.75 Å². The number of carbonyl (C=O) groups is 1. The van der Waals surface area contributed by atoms with Gasteiger partial charge in [0, 0.05) is 13.0 Å². The minimum atomic E-state index is -3.60. The van der Waals surface area contributed by atoms with Crippen LogP contribution >= 0.6 is 23.2 Å². The number of rotatable bonds is 4. The Morgan fingerprint density at radius 2 is 1.85 bits per heavy atom. The summed E-state index contributed by atoms with van der Waals surface area (Å²) in [5, 5.41) is 0.368. The maximum Gasteiger partial charge on any atom is 0.330 e. The molecule has 26 heavy (non-hydrogen) atoms. The van der Waals surface area contributed by atoms with E-state index in [-0.39, 0.29) is 34.5 Å². The van der Waals surface area contributed by atoms with E-state index in [9.17, 15) is 13.2 Å². The average Bonchev–Trinajstić information content (AvgIpc) is 2.64. The van der Waals surface area contributed by atoms with Crippen LogP contribution in [0.25, 0.3) is 0 Å². The Morgan fingerprint density at radius 1 is 1.15 bits per heavy atom. The van der Waals surface area contributed by atoms with E-state index in [2.05, 4.69) is 0 Å². The van der Waals surface area contributed by atoms with Crippen molar-refractivity contribution in [3.05, 3.63) is 63.6 Å². The third kappa shape index (κ3) is 3.74. The largest absolute Gasteiger partial charge is 0.424 e.